The van der Waals surface area contributed by atoms with Crippen molar-refractivity contribution in [2.45, 2.75) is 13.3 Å². The Morgan fingerprint density at radius 1 is 1.36 bits per heavy atom. The van der Waals surface area contributed by atoms with Gasteiger partial charge < -0.3 is 11.5 Å². The molecule has 1 rings (SSSR count). The number of hydrogen-bond acceptors (Lipinski definition) is 3. The van der Waals surface area contributed by atoms with Crippen LogP contribution in [0.3, 0.4) is 0 Å². The van der Waals surface area contributed by atoms with E-state index in [9.17, 15) is 0 Å². The van der Waals surface area contributed by atoms with Crippen LogP contribution in [0, 0.1) is 18.3 Å². The minimum atomic E-state index is 0.406. The van der Waals surface area contributed by atoms with Crippen molar-refractivity contribution in [1.29, 1.82) is 5.26 Å². The fraction of sp³-hybridized carbons (Fsp3) is 0.182. The first-order valence-electron chi connectivity index (χ1n) is 4.34. The quantitative estimate of drug-likeness (QED) is 0.696. The summed E-state index contributed by atoms with van der Waals surface area (Å²) in [6, 6.07) is 5.69. The van der Waals surface area contributed by atoms with Crippen LogP contribution in [-0.4, -0.2) is 0 Å². The molecule has 4 N–H and O–H groups in total. The van der Waals surface area contributed by atoms with Gasteiger partial charge in [-0.05, 0) is 30.2 Å². The maximum atomic E-state index is 8.37. The summed E-state index contributed by atoms with van der Waals surface area (Å²) in [7, 11) is 0. The fourth-order valence-corrected chi connectivity index (χ4v) is 1.18. The summed E-state index contributed by atoms with van der Waals surface area (Å²) in [6.45, 7) is 1.96. The molecule has 14 heavy (non-hydrogen) atoms. The van der Waals surface area contributed by atoms with Gasteiger partial charge in [0.1, 0.15) is 0 Å². The number of benzene rings is 1. The van der Waals surface area contributed by atoms with E-state index >= 15 is 0 Å². The van der Waals surface area contributed by atoms with Gasteiger partial charge in [-0.3, -0.25) is 0 Å². The van der Waals surface area contributed by atoms with Crippen molar-refractivity contribution in [1.82, 2.24) is 0 Å². The van der Waals surface area contributed by atoms with E-state index in [-0.39, 0.29) is 0 Å². The summed E-state index contributed by atoms with van der Waals surface area (Å²) in [4.78, 5) is 0. The normalized spacial score (nSPS) is 10.3. The topological polar surface area (TPSA) is 75.8 Å². The lowest BCUT2D eigenvalue weighted by molar-refractivity contribution is 1.36. The van der Waals surface area contributed by atoms with Gasteiger partial charge in [0.2, 0.25) is 0 Å². The second-order valence-corrected chi connectivity index (χ2v) is 3.10. The second kappa shape index (κ2) is 4.33. The average molecular weight is 187 g/mol. The van der Waals surface area contributed by atoms with Crippen molar-refractivity contribution in [2.75, 3.05) is 11.5 Å². The number of nitrogen functional groups attached to an aromatic ring is 2. The third-order valence-electron chi connectivity index (χ3n) is 1.98. The molecule has 1 aromatic carbocycles. The Kier molecular flexibility index (Phi) is 3.14. The third kappa shape index (κ3) is 2.27. The highest BCUT2D eigenvalue weighted by Crippen LogP contribution is 2.21. The lowest BCUT2D eigenvalue weighted by Crippen LogP contribution is -1.96. The molecule has 0 saturated heterocycles. The number of allylic oxidation sites excluding steroid dienone is 1. The summed E-state index contributed by atoms with van der Waals surface area (Å²) in [5.74, 6) is 0. The number of nitrogens with two attached hydrogens (primary N) is 2. The maximum Gasteiger partial charge on any atom is 0.0663 e. The number of anilines is 2. The van der Waals surface area contributed by atoms with Crippen molar-refractivity contribution in [3.8, 4) is 6.07 Å². The second-order valence-electron chi connectivity index (χ2n) is 3.10. The largest absolute Gasteiger partial charge is 0.397 e. The molecule has 0 heterocycles. The van der Waals surface area contributed by atoms with E-state index in [1.165, 1.54) is 0 Å². The minimum Gasteiger partial charge on any atom is -0.397 e. The molecular weight excluding hydrogens is 174 g/mol. The summed E-state index contributed by atoms with van der Waals surface area (Å²) in [5, 5.41) is 8.37. The number of nitrogens with zero attached hydrogens (tertiary/aromatic N) is 1. The molecule has 0 unspecified atom stereocenters. The Labute approximate surface area is 83.6 Å². The van der Waals surface area contributed by atoms with Gasteiger partial charge in [-0.2, -0.15) is 5.26 Å². The van der Waals surface area contributed by atoms with Gasteiger partial charge >= 0.3 is 0 Å². The van der Waals surface area contributed by atoms with Gasteiger partial charge in [0, 0.05) is 0 Å². The van der Waals surface area contributed by atoms with Gasteiger partial charge in [0.05, 0.1) is 23.9 Å². The van der Waals surface area contributed by atoms with Gasteiger partial charge in [-0.25, -0.2) is 0 Å². The average Bonchev–Trinajstić information content (AvgIpc) is 2.14. The predicted molar refractivity (Wildman–Crippen MR) is 59.3 cm³/mol. The first kappa shape index (κ1) is 10.1. The number of rotatable bonds is 2. The molecule has 0 aliphatic carbocycles. The van der Waals surface area contributed by atoms with Crippen molar-refractivity contribution < 1.29 is 0 Å². The number of aryl methyl sites for hydroxylation is 1. The minimum absolute atomic E-state index is 0.406. The molecule has 0 radical (unpaired) electrons. The standard InChI is InChI=1S/C11H13N3/c1-8-6-10(13)11(14)7-9(8)4-2-3-5-12/h2,4,6-7H,3,13-14H2,1H3. The molecule has 0 saturated carbocycles. The molecule has 0 fully saturated rings. The molecule has 3 nitrogen and oxygen atoms in total. The Morgan fingerprint density at radius 3 is 2.64 bits per heavy atom. The van der Waals surface area contributed by atoms with E-state index < -0.39 is 0 Å². The smallest absolute Gasteiger partial charge is 0.0663 e. The lowest BCUT2D eigenvalue weighted by Gasteiger charge is -2.05. The van der Waals surface area contributed by atoms with Crippen molar-refractivity contribution in [2.24, 2.45) is 0 Å². The first-order chi connectivity index (χ1) is 6.65. The van der Waals surface area contributed by atoms with Crippen LogP contribution in [0.5, 0.6) is 0 Å². The van der Waals surface area contributed by atoms with Crippen molar-refractivity contribution in [3.63, 3.8) is 0 Å². The predicted octanol–water partition coefficient (Wildman–Crippen LogP) is 2.09. The molecule has 72 valence electrons. The van der Waals surface area contributed by atoms with E-state index in [4.69, 9.17) is 16.7 Å². The van der Waals surface area contributed by atoms with Gasteiger partial charge in [0.15, 0.2) is 0 Å². The zero-order valence-electron chi connectivity index (χ0n) is 8.12. The van der Waals surface area contributed by atoms with Crippen LogP contribution in [-0.2, 0) is 0 Å². The molecule has 1 aromatic rings. The highest BCUT2D eigenvalue weighted by Gasteiger charge is 1.99. The fourth-order valence-electron chi connectivity index (χ4n) is 1.18. The van der Waals surface area contributed by atoms with Crippen LogP contribution in [0.25, 0.3) is 6.08 Å². The van der Waals surface area contributed by atoms with E-state index in [1.54, 1.807) is 6.08 Å². The van der Waals surface area contributed by atoms with E-state index in [0.29, 0.717) is 17.8 Å². The SMILES string of the molecule is Cc1cc(N)c(N)cc1C=CCC#N. The number of nitriles is 1. The van der Waals surface area contributed by atoms with Crippen LogP contribution in [0.1, 0.15) is 17.5 Å². The van der Waals surface area contributed by atoms with Crippen molar-refractivity contribution in [3.05, 3.63) is 29.3 Å². The Hall–Kier alpha value is -1.95. The summed E-state index contributed by atoms with van der Waals surface area (Å²) in [6.07, 6.45) is 4.09. The van der Waals surface area contributed by atoms with E-state index in [0.717, 1.165) is 11.1 Å². The van der Waals surface area contributed by atoms with Crippen LogP contribution in [0.2, 0.25) is 0 Å². The highest BCUT2D eigenvalue weighted by molar-refractivity contribution is 5.70. The van der Waals surface area contributed by atoms with Gasteiger partial charge in [-0.1, -0.05) is 12.2 Å². The molecule has 0 spiro atoms. The molecule has 0 aromatic heterocycles. The Morgan fingerprint density at radius 2 is 2.00 bits per heavy atom. The Balaban J connectivity index is 2.99. The zero-order chi connectivity index (χ0) is 10.6. The monoisotopic (exact) mass is 187 g/mol. The first-order valence-corrected chi connectivity index (χ1v) is 4.34. The third-order valence-corrected chi connectivity index (χ3v) is 1.98. The van der Waals surface area contributed by atoms with Crippen molar-refractivity contribution >= 4 is 17.5 Å². The Bertz CT molecular complexity index is 400. The molecule has 0 amide bonds. The molecule has 3 heteroatoms. The molecular formula is C11H13N3. The summed E-state index contributed by atoms with van der Waals surface area (Å²) < 4.78 is 0. The van der Waals surface area contributed by atoms with Crippen LogP contribution in [0.4, 0.5) is 11.4 Å². The van der Waals surface area contributed by atoms with Crippen LogP contribution < -0.4 is 11.5 Å². The maximum absolute atomic E-state index is 8.37. The van der Waals surface area contributed by atoms with E-state index in [2.05, 4.69) is 0 Å². The molecule has 0 bridgehead atoms. The highest BCUT2D eigenvalue weighted by atomic mass is 14.7. The van der Waals surface area contributed by atoms with Crippen LogP contribution in [0.15, 0.2) is 18.2 Å². The summed E-state index contributed by atoms with van der Waals surface area (Å²) in [5.41, 5.74) is 14.6. The van der Waals surface area contributed by atoms with Crippen LogP contribution >= 0.6 is 0 Å². The van der Waals surface area contributed by atoms with E-state index in [1.807, 2.05) is 31.2 Å². The lowest BCUT2D eigenvalue weighted by atomic mass is 10.1. The van der Waals surface area contributed by atoms with Gasteiger partial charge in [0.25, 0.3) is 0 Å². The number of hydrogen-bond donors (Lipinski definition) is 2. The van der Waals surface area contributed by atoms with Gasteiger partial charge in [-0.15, -0.1) is 0 Å². The molecule has 0 aliphatic heterocycles. The zero-order valence-corrected chi connectivity index (χ0v) is 8.12. The molecule has 0 atom stereocenters. The molecule has 0 aliphatic rings. The summed E-state index contributed by atoms with van der Waals surface area (Å²) >= 11 is 0.